The maximum atomic E-state index is 13.3. The predicted molar refractivity (Wildman–Crippen MR) is 107 cm³/mol. The van der Waals surface area contributed by atoms with Crippen molar-refractivity contribution in [3.8, 4) is 0 Å². The molecule has 7 heteroatoms. The molecule has 0 aromatic carbocycles. The Morgan fingerprint density at radius 3 is 2.64 bits per heavy atom. The Bertz CT molecular complexity index is 770. The van der Waals surface area contributed by atoms with E-state index in [1.165, 1.54) is 32.1 Å². The van der Waals surface area contributed by atoms with Gasteiger partial charge in [0.1, 0.15) is 11.9 Å². The molecule has 1 aliphatic carbocycles. The van der Waals surface area contributed by atoms with E-state index in [9.17, 15) is 4.79 Å². The summed E-state index contributed by atoms with van der Waals surface area (Å²) in [6, 6.07) is 3.44. The van der Waals surface area contributed by atoms with Crippen molar-refractivity contribution in [2.75, 3.05) is 26.2 Å². The van der Waals surface area contributed by atoms with Gasteiger partial charge in [-0.3, -0.25) is 14.9 Å². The van der Waals surface area contributed by atoms with Gasteiger partial charge in [0.05, 0.1) is 0 Å². The van der Waals surface area contributed by atoms with Gasteiger partial charge in [0.15, 0.2) is 5.82 Å². The number of nitrogens with zero attached hydrogens (tertiary/aromatic N) is 5. The molecule has 2 aliphatic rings. The summed E-state index contributed by atoms with van der Waals surface area (Å²) in [5.41, 5.74) is 0.674. The van der Waals surface area contributed by atoms with Gasteiger partial charge < -0.3 is 9.80 Å². The Morgan fingerprint density at radius 1 is 1.14 bits per heavy atom. The molecule has 1 atom stereocenters. The third-order valence-electron chi connectivity index (χ3n) is 6.02. The van der Waals surface area contributed by atoms with Gasteiger partial charge in [-0.05, 0) is 50.8 Å². The number of carbonyl (C=O) groups excluding carboxylic acids is 1. The maximum absolute atomic E-state index is 13.3. The van der Waals surface area contributed by atoms with Crippen LogP contribution in [0, 0.1) is 12.8 Å². The number of pyridine rings is 1. The van der Waals surface area contributed by atoms with Gasteiger partial charge in [-0.2, -0.15) is 5.10 Å². The average molecular weight is 383 g/mol. The van der Waals surface area contributed by atoms with E-state index in [-0.39, 0.29) is 11.9 Å². The van der Waals surface area contributed by atoms with Crippen LogP contribution in [0.5, 0.6) is 0 Å². The quantitative estimate of drug-likeness (QED) is 0.880. The number of nitrogens with one attached hydrogen (secondary N) is 1. The van der Waals surface area contributed by atoms with Crippen LogP contribution in [0.3, 0.4) is 0 Å². The fraction of sp³-hybridized carbons (Fsp3) is 0.619. The lowest BCUT2D eigenvalue weighted by molar-refractivity contribution is 0.0659. The molecule has 2 fully saturated rings. The lowest BCUT2D eigenvalue weighted by Crippen LogP contribution is -2.40. The first-order valence-corrected chi connectivity index (χ1v) is 10.5. The summed E-state index contributed by atoms with van der Waals surface area (Å²) in [5, 5.41) is 7.37. The summed E-state index contributed by atoms with van der Waals surface area (Å²) < 4.78 is 0. The molecule has 2 aromatic rings. The Hall–Kier alpha value is -2.28. The molecule has 1 saturated carbocycles. The van der Waals surface area contributed by atoms with Crippen LogP contribution in [-0.2, 0) is 0 Å². The molecule has 150 valence electrons. The van der Waals surface area contributed by atoms with Crippen LogP contribution < -0.4 is 0 Å². The molecule has 0 radical (unpaired) electrons. The molecule has 1 N–H and O–H groups in total. The molecular weight excluding hydrogens is 352 g/mol. The van der Waals surface area contributed by atoms with Gasteiger partial charge in [0.25, 0.3) is 5.91 Å². The van der Waals surface area contributed by atoms with Crippen molar-refractivity contribution in [1.82, 2.24) is 30.0 Å². The minimum atomic E-state index is -0.128. The largest absolute Gasteiger partial charge is 0.327 e. The zero-order chi connectivity index (χ0) is 19.3. The van der Waals surface area contributed by atoms with Gasteiger partial charge in [-0.25, -0.2) is 4.98 Å². The first-order valence-electron chi connectivity index (χ1n) is 10.5. The zero-order valence-electron chi connectivity index (χ0n) is 16.7. The SMILES string of the molecule is Cc1nc(C2CN(CC3CCCCC3)CCCN2C(=O)c2ccncc2)n[nH]1. The highest BCUT2D eigenvalue weighted by atomic mass is 16.2. The van der Waals surface area contributed by atoms with Gasteiger partial charge in [0.2, 0.25) is 0 Å². The van der Waals surface area contributed by atoms with Crippen LogP contribution >= 0.6 is 0 Å². The van der Waals surface area contributed by atoms with Crippen LogP contribution in [0.4, 0.5) is 0 Å². The fourth-order valence-corrected chi connectivity index (χ4v) is 4.59. The highest BCUT2D eigenvalue weighted by Gasteiger charge is 2.33. The second kappa shape index (κ2) is 8.82. The summed E-state index contributed by atoms with van der Waals surface area (Å²) >= 11 is 0. The molecule has 0 spiro atoms. The number of hydrogen-bond donors (Lipinski definition) is 1. The molecule has 1 amide bonds. The van der Waals surface area contributed by atoms with Crippen LogP contribution in [0.15, 0.2) is 24.5 Å². The van der Waals surface area contributed by atoms with E-state index >= 15 is 0 Å². The van der Waals surface area contributed by atoms with Crippen LogP contribution in [-0.4, -0.2) is 62.1 Å². The molecule has 1 aliphatic heterocycles. The summed E-state index contributed by atoms with van der Waals surface area (Å²) in [7, 11) is 0. The van der Waals surface area contributed by atoms with Gasteiger partial charge in [-0.15, -0.1) is 0 Å². The molecule has 4 rings (SSSR count). The second-order valence-electron chi connectivity index (χ2n) is 8.15. The third-order valence-corrected chi connectivity index (χ3v) is 6.02. The maximum Gasteiger partial charge on any atom is 0.254 e. The highest BCUT2D eigenvalue weighted by Crippen LogP contribution is 2.28. The number of rotatable bonds is 4. The lowest BCUT2D eigenvalue weighted by Gasteiger charge is -2.32. The highest BCUT2D eigenvalue weighted by molar-refractivity contribution is 5.94. The van der Waals surface area contributed by atoms with Crippen molar-refractivity contribution in [2.45, 2.75) is 51.5 Å². The van der Waals surface area contributed by atoms with E-state index in [1.807, 2.05) is 11.8 Å². The van der Waals surface area contributed by atoms with Crippen LogP contribution in [0.2, 0.25) is 0 Å². The van der Waals surface area contributed by atoms with E-state index in [2.05, 4.69) is 25.1 Å². The normalized spacial score (nSPS) is 22.2. The Balaban J connectivity index is 1.56. The minimum Gasteiger partial charge on any atom is -0.327 e. The van der Waals surface area contributed by atoms with E-state index in [0.717, 1.165) is 50.2 Å². The topological polar surface area (TPSA) is 78.0 Å². The van der Waals surface area contributed by atoms with Crippen molar-refractivity contribution in [1.29, 1.82) is 0 Å². The molecule has 28 heavy (non-hydrogen) atoms. The molecular formula is C21H30N6O. The number of amides is 1. The van der Waals surface area contributed by atoms with Gasteiger partial charge in [-0.1, -0.05) is 19.3 Å². The summed E-state index contributed by atoms with van der Waals surface area (Å²) in [6.07, 6.45) is 11.1. The number of H-pyrrole nitrogens is 1. The average Bonchev–Trinajstić information content (AvgIpc) is 3.05. The predicted octanol–water partition coefficient (Wildman–Crippen LogP) is 2.98. The Labute approximate surface area is 166 Å². The van der Waals surface area contributed by atoms with Gasteiger partial charge in [0, 0.05) is 37.6 Å². The fourth-order valence-electron chi connectivity index (χ4n) is 4.59. The monoisotopic (exact) mass is 382 g/mol. The molecule has 7 nitrogen and oxygen atoms in total. The summed E-state index contributed by atoms with van der Waals surface area (Å²) in [5.74, 6) is 2.32. The van der Waals surface area contributed by atoms with Crippen molar-refractivity contribution in [2.24, 2.45) is 5.92 Å². The molecule has 1 saturated heterocycles. The number of aromatic nitrogens is 4. The number of aromatic amines is 1. The number of aryl methyl sites for hydroxylation is 1. The minimum absolute atomic E-state index is 0.0365. The van der Waals surface area contributed by atoms with Crippen molar-refractivity contribution >= 4 is 5.91 Å². The standard InChI is InChI=1S/C21H30N6O/c1-16-23-20(25-24-16)19-15-26(14-17-6-3-2-4-7-17)12-5-13-27(19)21(28)18-8-10-22-11-9-18/h8-11,17,19H,2-7,12-15H2,1H3,(H,23,24,25). The van der Waals surface area contributed by atoms with E-state index in [0.29, 0.717) is 5.56 Å². The molecule has 2 aromatic heterocycles. The van der Waals surface area contributed by atoms with E-state index < -0.39 is 0 Å². The number of carbonyl (C=O) groups is 1. The third kappa shape index (κ3) is 4.41. The first kappa shape index (κ1) is 19.1. The lowest BCUT2D eigenvalue weighted by atomic mass is 9.89. The molecule has 1 unspecified atom stereocenters. The zero-order valence-corrected chi connectivity index (χ0v) is 16.7. The smallest absolute Gasteiger partial charge is 0.254 e. The van der Waals surface area contributed by atoms with E-state index in [4.69, 9.17) is 0 Å². The van der Waals surface area contributed by atoms with Crippen LogP contribution in [0.25, 0.3) is 0 Å². The molecule has 0 bridgehead atoms. The Morgan fingerprint density at radius 2 is 1.93 bits per heavy atom. The first-order chi connectivity index (χ1) is 13.7. The summed E-state index contributed by atoms with van der Waals surface area (Å²) in [6.45, 7) is 5.57. The summed E-state index contributed by atoms with van der Waals surface area (Å²) in [4.78, 5) is 26.4. The Kier molecular flexibility index (Phi) is 6.00. The van der Waals surface area contributed by atoms with Gasteiger partial charge >= 0.3 is 0 Å². The second-order valence-corrected chi connectivity index (χ2v) is 8.15. The van der Waals surface area contributed by atoms with Crippen molar-refractivity contribution < 1.29 is 4.79 Å². The van der Waals surface area contributed by atoms with Crippen LogP contribution in [0.1, 0.15) is 66.6 Å². The molecule has 3 heterocycles. The van der Waals surface area contributed by atoms with E-state index in [1.54, 1.807) is 24.5 Å². The number of hydrogen-bond acceptors (Lipinski definition) is 5. The van der Waals surface area contributed by atoms with Crippen molar-refractivity contribution in [3.63, 3.8) is 0 Å². The van der Waals surface area contributed by atoms with Crippen molar-refractivity contribution in [3.05, 3.63) is 41.7 Å².